The molecule has 4 aromatic carbocycles. The van der Waals surface area contributed by atoms with Crippen LogP contribution in [0.15, 0.2) is 112 Å². The number of amides is 1. The Balaban J connectivity index is 1.06. The number of thioether (sulfide) groups is 1. The fourth-order valence-electron chi connectivity index (χ4n) is 7.31. The number of carbonyl (C=O) groups excluding carboxylic acids is 1. The third kappa shape index (κ3) is 11.8. The average molecular weight is 832 g/mol. The molecule has 1 saturated heterocycles. The lowest BCUT2D eigenvalue weighted by Crippen LogP contribution is -2.47. The summed E-state index contributed by atoms with van der Waals surface area (Å²) in [7, 11) is -0.494. The number of nitro groups is 1. The second-order valence-corrected chi connectivity index (χ2v) is 18.1. The Kier molecular flexibility index (Phi) is 14.7. The predicted molar refractivity (Wildman–Crippen MR) is 232 cm³/mol. The Labute approximate surface area is 345 Å². The highest BCUT2D eigenvalue weighted by atomic mass is 35.5. The number of nitro benzene ring substituents is 1. The molecule has 11 nitrogen and oxygen atoms in total. The molecular formula is C43H51ClN6O5S2. The normalized spacial score (nSPS) is 16.0. The molecule has 302 valence electrons. The van der Waals surface area contributed by atoms with Crippen molar-refractivity contribution >= 4 is 61.9 Å². The Morgan fingerprint density at radius 3 is 2.30 bits per heavy atom. The third-order valence-electron chi connectivity index (χ3n) is 10.5. The van der Waals surface area contributed by atoms with Crippen LogP contribution < -0.4 is 14.9 Å². The smallest absolute Gasteiger partial charge is 0.293 e. The van der Waals surface area contributed by atoms with Gasteiger partial charge in [-0.15, -0.1) is 11.8 Å². The first-order valence-electron chi connectivity index (χ1n) is 19.4. The first-order chi connectivity index (χ1) is 27.4. The van der Waals surface area contributed by atoms with E-state index in [0.717, 1.165) is 73.8 Å². The van der Waals surface area contributed by atoms with Crippen molar-refractivity contribution in [2.75, 3.05) is 69.3 Å². The maximum Gasteiger partial charge on any atom is 0.293 e. The van der Waals surface area contributed by atoms with Crippen molar-refractivity contribution in [3.8, 4) is 0 Å². The van der Waals surface area contributed by atoms with Gasteiger partial charge >= 0.3 is 0 Å². The fraction of sp³-hybridized carbons (Fsp3) is 0.372. The summed E-state index contributed by atoms with van der Waals surface area (Å²) in [5.74, 6) is -0.170. The minimum absolute atomic E-state index is 0.136. The number of piperazine rings is 1. The Hall–Kier alpha value is -4.40. The summed E-state index contributed by atoms with van der Waals surface area (Å²) in [6.07, 6.45) is 6.58. The number of carbonyl (C=O) groups is 1. The molecule has 1 aliphatic carbocycles. The molecule has 0 unspecified atom stereocenters. The van der Waals surface area contributed by atoms with Gasteiger partial charge in [-0.05, 0) is 125 Å². The van der Waals surface area contributed by atoms with Gasteiger partial charge in [-0.25, -0.2) is 13.1 Å². The number of rotatable bonds is 16. The minimum Gasteiger partial charge on any atom is -0.376 e. The second kappa shape index (κ2) is 19.8. The Morgan fingerprint density at radius 1 is 0.912 bits per heavy atom. The lowest BCUT2D eigenvalue weighted by molar-refractivity contribution is -0.384. The van der Waals surface area contributed by atoms with Crippen LogP contribution in [0.5, 0.6) is 0 Å². The van der Waals surface area contributed by atoms with Gasteiger partial charge in [0.25, 0.3) is 21.6 Å². The molecule has 1 atom stereocenters. The standard InChI is InChI=1S/C43H51ClN6O5S2/c1-47(2)24-23-36(31-56-38-10-6-4-7-11-38)45-41-22-21-39(29-42(41)50(52)53)57(54,55)46-43(51)33-15-19-37(20-16-33)49-27-25-48(26-28-49)30-34-9-5-3-8-12-40(34)32-13-17-35(44)18-14-32/h4,6-7,10-11,13-22,29,36,45H,3,5,8-9,12,23-28,30-31H2,1-2H3,(H,46,51)/t36-/m1/s1. The van der Waals surface area contributed by atoms with Crippen LogP contribution in [0.1, 0.15) is 54.4 Å². The molecule has 1 aliphatic heterocycles. The molecule has 1 fully saturated rings. The zero-order chi connectivity index (χ0) is 40.4. The maximum absolute atomic E-state index is 13.4. The van der Waals surface area contributed by atoms with Crippen LogP contribution in [0.2, 0.25) is 5.02 Å². The van der Waals surface area contributed by atoms with Crippen LogP contribution in [0, 0.1) is 10.1 Å². The van der Waals surface area contributed by atoms with Gasteiger partial charge in [-0.2, -0.15) is 0 Å². The molecule has 0 saturated carbocycles. The van der Waals surface area contributed by atoms with E-state index >= 15 is 0 Å². The SMILES string of the molecule is CN(C)CC[C@H](CSc1ccccc1)Nc1ccc(S(=O)(=O)NC(=O)c2ccc(N3CCN(CC4=C(c5ccc(Cl)cc5)CCCCC4)CC3)cc2)cc1[N+](=O)[O-]. The van der Waals surface area contributed by atoms with Crippen LogP contribution in [-0.4, -0.2) is 94.2 Å². The van der Waals surface area contributed by atoms with Gasteiger partial charge in [0.15, 0.2) is 0 Å². The van der Waals surface area contributed by atoms with Crippen LogP contribution in [0.25, 0.3) is 5.57 Å². The number of benzene rings is 4. The van der Waals surface area contributed by atoms with E-state index in [4.69, 9.17) is 11.6 Å². The number of halogens is 1. The molecule has 1 amide bonds. The fourth-order valence-corrected chi connectivity index (χ4v) is 9.43. The molecule has 6 rings (SSSR count). The van der Waals surface area contributed by atoms with E-state index in [2.05, 4.69) is 32.0 Å². The van der Waals surface area contributed by atoms with E-state index < -0.39 is 20.9 Å². The van der Waals surface area contributed by atoms with Crippen molar-refractivity contribution in [1.82, 2.24) is 14.5 Å². The summed E-state index contributed by atoms with van der Waals surface area (Å²) in [6.45, 7) is 5.17. The van der Waals surface area contributed by atoms with Crippen molar-refractivity contribution in [2.45, 2.75) is 54.4 Å². The van der Waals surface area contributed by atoms with Gasteiger partial charge in [-0.1, -0.05) is 53.9 Å². The van der Waals surface area contributed by atoms with E-state index in [-0.39, 0.29) is 27.9 Å². The number of nitrogens with one attached hydrogen (secondary N) is 2. The highest BCUT2D eigenvalue weighted by molar-refractivity contribution is 7.99. The van der Waals surface area contributed by atoms with Crippen LogP contribution in [0.3, 0.4) is 0 Å². The highest BCUT2D eigenvalue weighted by Crippen LogP contribution is 2.33. The molecule has 0 spiro atoms. The number of hydrogen-bond acceptors (Lipinski definition) is 10. The van der Waals surface area contributed by atoms with Crippen LogP contribution in [-0.2, 0) is 10.0 Å². The predicted octanol–water partition coefficient (Wildman–Crippen LogP) is 8.43. The zero-order valence-electron chi connectivity index (χ0n) is 32.5. The average Bonchev–Trinajstić information content (AvgIpc) is 3.45. The molecule has 4 aromatic rings. The molecular weight excluding hydrogens is 780 g/mol. The van der Waals surface area contributed by atoms with Crippen LogP contribution in [0.4, 0.5) is 17.1 Å². The molecule has 1 heterocycles. The van der Waals surface area contributed by atoms with Gasteiger partial charge in [0.2, 0.25) is 0 Å². The number of allylic oxidation sites excluding steroid dienone is 1. The topological polar surface area (TPSA) is 128 Å². The van der Waals surface area contributed by atoms with Gasteiger partial charge in [0, 0.05) is 71.8 Å². The van der Waals surface area contributed by atoms with Gasteiger partial charge < -0.3 is 15.1 Å². The van der Waals surface area contributed by atoms with Crippen molar-refractivity contribution in [1.29, 1.82) is 0 Å². The lowest BCUT2D eigenvalue weighted by Gasteiger charge is -2.37. The first-order valence-corrected chi connectivity index (χ1v) is 22.3. The monoisotopic (exact) mass is 830 g/mol. The van der Waals surface area contributed by atoms with E-state index in [1.165, 1.54) is 48.1 Å². The molecule has 2 aliphatic rings. The maximum atomic E-state index is 13.4. The summed E-state index contributed by atoms with van der Waals surface area (Å²) in [5, 5.41) is 16.2. The molecule has 0 bridgehead atoms. The van der Waals surface area contributed by atoms with Crippen molar-refractivity contribution in [2.24, 2.45) is 0 Å². The zero-order valence-corrected chi connectivity index (χ0v) is 34.9. The molecule has 57 heavy (non-hydrogen) atoms. The lowest BCUT2D eigenvalue weighted by atomic mass is 9.95. The molecule has 0 aromatic heterocycles. The largest absolute Gasteiger partial charge is 0.376 e. The molecule has 2 N–H and O–H groups in total. The van der Waals surface area contributed by atoms with E-state index in [1.54, 1.807) is 23.9 Å². The summed E-state index contributed by atoms with van der Waals surface area (Å²) >= 11 is 7.82. The highest BCUT2D eigenvalue weighted by Gasteiger charge is 2.26. The first kappa shape index (κ1) is 42.2. The van der Waals surface area contributed by atoms with Crippen molar-refractivity contribution in [3.05, 3.63) is 129 Å². The number of sulfonamides is 1. The van der Waals surface area contributed by atoms with Crippen LogP contribution >= 0.6 is 23.4 Å². The minimum atomic E-state index is -4.42. The summed E-state index contributed by atoms with van der Waals surface area (Å²) in [4.78, 5) is 32.3. The number of anilines is 2. The third-order valence-corrected chi connectivity index (χ3v) is 13.2. The van der Waals surface area contributed by atoms with E-state index in [0.29, 0.717) is 12.2 Å². The molecule has 0 radical (unpaired) electrons. The van der Waals surface area contributed by atoms with Gasteiger partial charge in [0.05, 0.1) is 9.82 Å². The van der Waals surface area contributed by atoms with E-state index in [9.17, 15) is 23.3 Å². The Bertz CT molecular complexity index is 2130. The quantitative estimate of drug-likeness (QED) is 0.0646. The second-order valence-electron chi connectivity index (χ2n) is 14.9. The van der Waals surface area contributed by atoms with Crippen molar-refractivity contribution < 1.29 is 18.1 Å². The van der Waals surface area contributed by atoms with E-state index in [1.807, 2.05) is 73.6 Å². The Morgan fingerprint density at radius 2 is 1.61 bits per heavy atom. The summed E-state index contributed by atoms with van der Waals surface area (Å²) in [5.41, 5.74) is 5.20. The number of hydrogen-bond donors (Lipinski definition) is 2. The van der Waals surface area contributed by atoms with Crippen molar-refractivity contribution in [3.63, 3.8) is 0 Å². The molecule has 14 heteroatoms. The summed E-state index contributed by atoms with van der Waals surface area (Å²) in [6, 6.07) is 28.5. The number of nitrogens with zero attached hydrogens (tertiary/aromatic N) is 4. The van der Waals surface area contributed by atoms with Gasteiger partial charge in [0.1, 0.15) is 5.69 Å². The summed E-state index contributed by atoms with van der Waals surface area (Å²) < 4.78 is 28.9. The van der Waals surface area contributed by atoms with Gasteiger partial charge in [-0.3, -0.25) is 19.8 Å².